The Morgan fingerprint density at radius 3 is 2.37 bits per heavy atom. The quantitative estimate of drug-likeness (QED) is 0.818. The number of benzene rings is 1. The predicted molar refractivity (Wildman–Crippen MR) is 74.8 cm³/mol. The summed E-state index contributed by atoms with van der Waals surface area (Å²) in [5.41, 5.74) is 4.52. The van der Waals surface area contributed by atoms with E-state index in [2.05, 4.69) is 5.32 Å². The van der Waals surface area contributed by atoms with Crippen LogP contribution in [0.4, 0.5) is 14.5 Å². The number of nitrogens with one attached hydrogen (secondary N) is 1. The summed E-state index contributed by atoms with van der Waals surface area (Å²) >= 11 is 4.94. The number of anilines is 1. The van der Waals surface area contributed by atoms with E-state index in [0.717, 1.165) is 12.1 Å². The molecule has 0 bridgehead atoms. The van der Waals surface area contributed by atoms with Crippen molar-refractivity contribution < 1.29 is 13.6 Å². The Kier molecular flexibility index (Phi) is 4.94. The van der Waals surface area contributed by atoms with Gasteiger partial charge in [0, 0.05) is 6.07 Å². The highest BCUT2D eigenvalue weighted by Gasteiger charge is 2.38. The summed E-state index contributed by atoms with van der Waals surface area (Å²) in [6.45, 7) is 3.56. The van der Waals surface area contributed by atoms with E-state index in [-0.39, 0.29) is 10.7 Å². The van der Waals surface area contributed by atoms with Crippen molar-refractivity contribution in [3.8, 4) is 0 Å². The van der Waals surface area contributed by atoms with Crippen LogP contribution in [0.25, 0.3) is 0 Å². The Bertz CT molecular complexity index is 501. The standard InChI is InChI=1S/C13H16F2N2OS/c1-3-13(4-2,11(16)19)12(18)17-10-6-5-8(14)7-9(10)15/h5-7H,3-4H2,1-2H3,(H2,16,19)(H,17,18). The maximum absolute atomic E-state index is 13.5. The lowest BCUT2D eigenvalue weighted by atomic mass is 9.81. The molecule has 0 aliphatic carbocycles. The number of nitrogens with two attached hydrogens (primary N) is 1. The van der Waals surface area contributed by atoms with Crippen LogP contribution in [0.2, 0.25) is 0 Å². The second-order valence-corrected chi connectivity index (χ2v) is 4.67. The molecular weight excluding hydrogens is 270 g/mol. The lowest BCUT2D eigenvalue weighted by molar-refractivity contribution is -0.122. The molecule has 0 aliphatic rings. The zero-order valence-electron chi connectivity index (χ0n) is 10.8. The highest BCUT2D eigenvalue weighted by atomic mass is 32.1. The first kappa shape index (κ1) is 15.5. The van der Waals surface area contributed by atoms with E-state index in [1.54, 1.807) is 13.8 Å². The van der Waals surface area contributed by atoms with Gasteiger partial charge in [0.2, 0.25) is 5.91 Å². The first-order valence-corrected chi connectivity index (χ1v) is 6.34. The summed E-state index contributed by atoms with van der Waals surface area (Å²) in [6.07, 6.45) is 0.820. The average Bonchev–Trinajstić information content (AvgIpc) is 2.34. The maximum atomic E-state index is 13.5. The van der Waals surface area contributed by atoms with Crippen molar-refractivity contribution in [1.29, 1.82) is 0 Å². The predicted octanol–water partition coefficient (Wildman–Crippen LogP) is 3.00. The van der Waals surface area contributed by atoms with Gasteiger partial charge in [-0.15, -0.1) is 0 Å². The van der Waals surface area contributed by atoms with E-state index in [0.29, 0.717) is 18.9 Å². The zero-order chi connectivity index (χ0) is 14.6. The molecule has 0 aromatic heterocycles. The molecule has 1 rings (SSSR count). The maximum Gasteiger partial charge on any atom is 0.237 e. The van der Waals surface area contributed by atoms with Crippen molar-refractivity contribution in [2.45, 2.75) is 26.7 Å². The van der Waals surface area contributed by atoms with E-state index in [9.17, 15) is 13.6 Å². The lowest BCUT2D eigenvalue weighted by Gasteiger charge is -2.28. The molecule has 19 heavy (non-hydrogen) atoms. The van der Waals surface area contributed by atoms with Crippen molar-refractivity contribution in [1.82, 2.24) is 0 Å². The minimum atomic E-state index is -1.02. The number of thiocarbonyl (C=S) groups is 1. The van der Waals surface area contributed by atoms with Gasteiger partial charge in [-0.1, -0.05) is 26.1 Å². The van der Waals surface area contributed by atoms with Crippen LogP contribution in [0.3, 0.4) is 0 Å². The molecule has 0 fully saturated rings. The summed E-state index contributed by atoms with van der Waals surface area (Å²) in [7, 11) is 0. The monoisotopic (exact) mass is 286 g/mol. The van der Waals surface area contributed by atoms with Crippen molar-refractivity contribution in [2.24, 2.45) is 11.1 Å². The summed E-state index contributed by atoms with van der Waals surface area (Å²) in [5, 5.41) is 2.41. The van der Waals surface area contributed by atoms with Crippen LogP contribution in [-0.4, -0.2) is 10.9 Å². The van der Waals surface area contributed by atoms with Crippen LogP contribution in [0, 0.1) is 17.0 Å². The van der Waals surface area contributed by atoms with Gasteiger partial charge < -0.3 is 11.1 Å². The number of carbonyl (C=O) groups excluding carboxylic acids is 1. The third-order valence-electron chi connectivity index (χ3n) is 3.29. The molecule has 3 nitrogen and oxygen atoms in total. The minimum Gasteiger partial charge on any atom is -0.392 e. The van der Waals surface area contributed by atoms with E-state index in [1.165, 1.54) is 0 Å². The third kappa shape index (κ3) is 3.07. The number of carbonyl (C=O) groups is 1. The molecule has 0 saturated carbocycles. The molecule has 6 heteroatoms. The molecule has 0 aliphatic heterocycles. The van der Waals surface area contributed by atoms with Gasteiger partial charge in [0.05, 0.1) is 16.1 Å². The normalized spacial score (nSPS) is 11.2. The lowest BCUT2D eigenvalue weighted by Crippen LogP contribution is -2.45. The number of rotatable bonds is 5. The summed E-state index contributed by atoms with van der Waals surface area (Å²) < 4.78 is 26.3. The van der Waals surface area contributed by atoms with Crippen molar-refractivity contribution in [3.63, 3.8) is 0 Å². The Morgan fingerprint density at radius 1 is 1.37 bits per heavy atom. The third-order valence-corrected chi connectivity index (χ3v) is 3.68. The van der Waals surface area contributed by atoms with Gasteiger partial charge >= 0.3 is 0 Å². The number of hydrogen-bond acceptors (Lipinski definition) is 2. The first-order valence-electron chi connectivity index (χ1n) is 5.93. The Morgan fingerprint density at radius 2 is 1.95 bits per heavy atom. The summed E-state index contributed by atoms with van der Waals surface area (Å²) in [5.74, 6) is -2.02. The fourth-order valence-electron chi connectivity index (χ4n) is 1.86. The Labute approximate surface area is 116 Å². The molecule has 1 aromatic rings. The van der Waals surface area contributed by atoms with Crippen molar-refractivity contribution in [2.75, 3.05) is 5.32 Å². The van der Waals surface area contributed by atoms with Crippen LogP contribution in [-0.2, 0) is 4.79 Å². The fraction of sp³-hybridized carbons (Fsp3) is 0.385. The Hall–Kier alpha value is -1.56. The first-order chi connectivity index (χ1) is 8.87. The SMILES string of the molecule is CCC(CC)(C(=O)Nc1ccc(F)cc1F)C(N)=S. The molecule has 0 saturated heterocycles. The molecule has 1 amide bonds. The van der Waals surface area contributed by atoms with E-state index < -0.39 is 23.0 Å². The average molecular weight is 286 g/mol. The second kappa shape index (κ2) is 6.06. The number of halogens is 2. The van der Waals surface area contributed by atoms with Crippen molar-refractivity contribution >= 4 is 28.8 Å². The van der Waals surface area contributed by atoms with Gasteiger partial charge in [-0.25, -0.2) is 8.78 Å². The topological polar surface area (TPSA) is 55.1 Å². The van der Waals surface area contributed by atoms with Gasteiger partial charge in [0.1, 0.15) is 11.6 Å². The van der Waals surface area contributed by atoms with E-state index in [4.69, 9.17) is 18.0 Å². The van der Waals surface area contributed by atoms with E-state index in [1.807, 2.05) is 0 Å². The van der Waals surface area contributed by atoms with Gasteiger partial charge in [-0.05, 0) is 25.0 Å². The Balaban J connectivity index is 3.03. The van der Waals surface area contributed by atoms with Crippen LogP contribution in [0.15, 0.2) is 18.2 Å². The van der Waals surface area contributed by atoms with Crippen LogP contribution in [0.5, 0.6) is 0 Å². The molecule has 0 unspecified atom stereocenters. The highest BCUT2D eigenvalue weighted by molar-refractivity contribution is 7.80. The van der Waals surface area contributed by atoms with Gasteiger partial charge in [0.15, 0.2) is 0 Å². The van der Waals surface area contributed by atoms with Gasteiger partial charge in [-0.2, -0.15) is 0 Å². The van der Waals surface area contributed by atoms with Crippen molar-refractivity contribution in [3.05, 3.63) is 29.8 Å². The molecule has 0 atom stereocenters. The summed E-state index contributed by atoms with van der Waals surface area (Å²) in [6, 6.07) is 2.94. The molecule has 0 radical (unpaired) electrons. The molecular formula is C13H16F2N2OS. The van der Waals surface area contributed by atoms with E-state index >= 15 is 0 Å². The van der Waals surface area contributed by atoms with Crippen LogP contribution in [0.1, 0.15) is 26.7 Å². The molecule has 1 aromatic carbocycles. The fourth-order valence-corrected chi connectivity index (χ4v) is 2.25. The summed E-state index contributed by atoms with van der Waals surface area (Å²) in [4.78, 5) is 12.3. The highest BCUT2D eigenvalue weighted by Crippen LogP contribution is 2.29. The zero-order valence-corrected chi connectivity index (χ0v) is 11.6. The number of hydrogen-bond donors (Lipinski definition) is 2. The smallest absolute Gasteiger partial charge is 0.237 e. The van der Waals surface area contributed by atoms with Gasteiger partial charge in [-0.3, -0.25) is 4.79 Å². The molecule has 104 valence electrons. The van der Waals surface area contributed by atoms with Crippen LogP contribution >= 0.6 is 12.2 Å². The minimum absolute atomic E-state index is 0.0671. The molecule has 0 spiro atoms. The van der Waals surface area contributed by atoms with Crippen LogP contribution < -0.4 is 11.1 Å². The number of amides is 1. The molecule has 3 N–H and O–H groups in total. The second-order valence-electron chi connectivity index (χ2n) is 4.23. The largest absolute Gasteiger partial charge is 0.392 e. The van der Waals surface area contributed by atoms with Gasteiger partial charge in [0.25, 0.3) is 0 Å². The molecule has 0 heterocycles.